The highest BCUT2D eigenvalue weighted by Crippen LogP contribution is 2.26. The van der Waals surface area contributed by atoms with Gasteiger partial charge in [-0.25, -0.2) is 13.4 Å². The van der Waals surface area contributed by atoms with Gasteiger partial charge in [0.2, 0.25) is 0 Å². The Labute approximate surface area is 155 Å². The van der Waals surface area contributed by atoms with E-state index in [0.717, 1.165) is 0 Å². The number of hydrogen-bond acceptors (Lipinski definition) is 4. The number of sulfonamides is 1. The van der Waals surface area contributed by atoms with E-state index in [4.69, 9.17) is 16.7 Å². The molecule has 0 atom stereocenters. The quantitative estimate of drug-likeness (QED) is 0.693. The van der Waals surface area contributed by atoms with Crippen molar-refractivity contribution in [3.63, 3.8) is 0 Å². The Hall–Kier alpha value is -2.58. The lowest BCUT2D eigenvalue weighted by Crippen LogP contribution is -2.14. The van der Waals surface area contributed by atoms with E-state index in [0.29, 0.717) is 33.1 Å². The summed E-state index contributed by atoms with van der Waals surface area (Å²) in [6, 6.07) is 9.45. The van der Waals surface area contributed by atoms with Gasteiger partial charge in [-0.2, -0.15) is 0 Å². The largest absolute Gasteiger partial charge is 0.480 e. The van der Waals surface area contributed by atoms with Gasteiger partial charge in [0.1, 0.15) is 12.4 Å². The third-order valence-electron chi connectivity index (χ3n) is 3.99. The van der Waals surface area contributed by atoms with Gasteiger partial charge < -0.3 is 9.67 Å². The minimum Gasteiger partial charge on any atom is -0.480 e. The summed E-state index contributed by atoms with van der Waals surface area (Å²) in [5.41, 5.74) is 1.89. The van der Waals surface area contributed by atoms with Crippen LogP contribution < -0.4 is 4.72 Å². The molecule has 136 valence electrons. The average Bonchev–Trinajstić information content (AvgIpc) is 2.84. The lowest BCUT2D eigenvalue weighted by molar-refractivity contribution is -0.137. The number of nitrogens with zero attached hydrogens (tertiary/aromatic N) is 2. The number of fused-ring (bicyclic) bond motifs is 1. The number of aromatic nitrogens is 2. The molecule has 0 fully saturated rings. The van der Waals surface area contributed by atoms with Gasteiger partial charge >= 0.3 is 5.97 Å². The first kappa shape index (κ1) is 18.2. The number of anilines is 1. The van der Waals surface area contributed by atoms with E-state index < -0.39 is 16.0 Å². The molecule has 0 aliphatic heterocycles. The van der Waals surface area contributed by atoms with Gasteiger partial charge in [-0.05, 0) is 49.7 Å². The minimum absolute atomic E-state index is 0.0836. The number of hydrogen-bond donors (Lipinski definition) is 2. The van der Waals surface area contributed by atoms with Crippen LogP contribution in [0.5, 0.6) is 0 Å². The molecule has 3 rings (SSSR count). The van der Waals surface area contributed by atoms with Crippen LogP contribution in [0.2, 0.25) is 5.02 Å². The molecule has 3 aromatic rings. The van der Waals surface area contributed by atoms with Gasteiger partial charge in [0.25, 0.3) is 10.0 Å². The van der Waals surface area contributed by atoms with Gasteiger partial charge in [0, 0.05) is 5.02 Å². The standard InChI is InChI=1S/C17H16ClN3O4S/c1-10-13(18)4-3-5-16(10)26(24,25)20-12-6-7-14-15(8-12)21(9-17(22)23)11(2)19-14/h3-8,20H,9H2,1-2H3,(H,22,23). The Morgan fingerprint density at radius 1 is 1.27 bits per heavy atom. The number of rotatable bonds is 5. The van der Waals surface area contributed by atoms with Gasteiger partial charge in [0.05, 0.1) is 21.6 Å². The highest BCUT2D eigenvalue weighted by molar-refractivity contribution is 7.92. The zero-order valence-corrected chi connectivity index (χ0v) is 15.6. The van der Waals surface area contributed by atoms with Crippen molar-refractivity contribution in [1.29, 1.82) is 0 Å². The van der Waals surface area contributed by atoms with Crippen LogP contribution in [0.3, 0.4) is 0 Å². The molecule has 0 spiro atoms. The van der Waals surface area contributed by atoms with Crippen molar-refractivity contribution in [2.24, 2.45) is 0 Å². The number of carbonyl (C=O) groups is 1. The maximum absolute atomic E-state index is 12.7. The fourth-order valence-corrected chi connectivity index (χ4v) is 4.28. The zero-order chi connectivity index (χ0) is 19.1. The number of aliphatic carboxylic acids is 1. The van der Waals surface area contributed by atoms with E-state index in [1.54, 1.807) is 44.2 Å². The van der Waals surface area contributed by atoms with Gasteiger partial charge in [-0.15, -0.1) is 0 Å². The normalized spacial score (nSPS) is 11.7. The first-order valence-electron chi connectivity index (χ1n) is 7.65. The Kier molecular flexibility index (Phi) is 4.64. The fourth-order valence-electron chi connectivity index (χ4n) is 2.73. The van der Waals surface area contributed by atoms with E-state index >= 15 is 0 Å². The summed E-state index contributed by atoms with van der Waals surface area (Å²) in [5.74, 6) is -0.471. The van der Waals surface area contributed by atoms with E-state index in [1.165, 1.54) is 10.6 Å². The Morgan fingerprint density at radius 2 is 2.00 bits per heavy atom. The molecule has 0 aliphatic rings. The van der Waals surface area contributed by atoms with E-state index in [-0.39, 0.29) is 11.4 Å². The van der Waals surface area contributed by atoms with Gasteiger partial charge in [0.15, 0.2) is 0 Å². The van der Waals surface area contributed by atoms with Crippen molar-refractivity contribution in [2.75, 3.05) is 4.72 Å². The number of imidazole rings is 1. The van der Waals surface area contributed by atoms with Crippen LogP contribution in [-0.4, -0.2) is 29.0 Å². The summed E-state index contributed by atoms with van der Waals surface area (Å²) in [6.45, 7) is 3.07. The summed E-state index contributed by atoms with van der Waals surface area (Å²) < 4.78 is 29.4. The van der Waals surface area contributed by atoms with E-state index in [2.05, 4.69) is 9.71 Å². The molecule has 0 radical (unpaired) electrons. The van der Waals surface area contributed by atoms with Crippen LogP contribution in [-0.2, 0) is 21.4 Å². The van der Waals surface area contributed by atoms with Gasteiger partial charge in [-0.3, -0.25) is 9.52 Å². The third kappa shape index (κ3) is 3.38. The Bertz CT molecular complexity index is 1120. The molecule has 2 aromatic carbocycles. The molecule has 9 heteroatoms. The molecule has 0 saturated carbocycles. The van der Waals surface area contributed by atoms with Crippen LogP contribution in [0, 0.1) is 13.8 Å². The van der Waals surface area contributed by atoms with Gasteiger partial charge in [-0.1, -0.05) is 17.7 Å². The van der Waals surface area contributed by atoms with Crippen LogP contribution in [0.4, 0.5) is 5.69 Å². The smallest absolute Gasteiger partial charge is 0.323 e. The average molecular weight is 394 g/mol. The molecule has 0 unspecified atom stereocenters. The van der Waals surface area contributed by atoms with Crippen LogP contribution in [0.1, 0.15) is 11.4 Å². The fraction of sp³-hybridized carbons (Fsp3) is 0.176. The van der Waals surface area contributed by atoms with Crippen LogP contribution in [0.15, 0.2) is 41.3 Å². The molecule has 26 heavy (non-hydrogen) atoms. The molecule has 1 aromatic heterocycles. The lowest BCUT2D eigenvalue weighted by Gasteiger charge is -2.11. The second-order valence-electron chi connectivity index (χ2n) is 5.81. The lowest BCUT2D eigenvalue weighted by atomic mass is 10.2. The summed E-state index contributed by atoms with van der Waals surface area (Å²) >= 11 is 6.01. The molecule has 1 heterocycles. The highest BCUT2D eigenvalue weighted by atomic mass is 35.5. The number of carboxylic acids is 1. The van der Waals surface area contributed by atoms with Crippen molar-refractivity contribution in [3.8, 4) is 0 Å². The SMILES string of the molecule is Cc1c(Cl)cccc1S(=O)(=O)Nc1ccc2nc(C)n(CC(=O)O)c2c1. The topological polar surface area (TPSA) is 101 Å². The second-order valence-corrected chi connectivity index (χ2v) is 7.87. The molecule has 0 saturated heterocycles. The van der Waals surface area contributed by atoms with Crippen molar-refractivity contribution in [1.82, 2.24) is 9.55 Å². The Morgan fingerprint density at radius 3 is 2.69 bits per heavy atom. The molecule has 0 amide bonds. The summed E-state index contributed by atoms with van der Waals surface area (Å²) in [5, 5.41) is 9.42. The minimum atomic E-state index is -3.84. The van der Waals surface area contributed by atoms with Crippen molar-refractivity contribution >= 4 is 44.3 Å². The number of benzene rings is 2. The molecule has 2 N–H and O–H groups in total. The molecular weight excluding hydrogens is 378 g/mol. The first-order chi connectivity index (χ1) is 12.2. The molecule has 0 bridgehead atoms. The molecule has 7 nitrogen and oxygen atoms in total. The summed E-state index contributed by atoms with van der Waals surface area (Å²) in [4.78, 5) is 15.4. The number of nitrogens with one attached hydrogen (secondary N) is 1. The maximum Gasteiger partial charge on any atom is 0.323 e. The molecular formula is C17H16ClN3O4S. The zero-order valence-electron chi connectivity index (χ0n) is 14.0. The monoisotopic (exact) mass is 393 g/mol. The van der Waals surface area contributed by atoms with Crippen molar-refractivity contribution < 1.29 is 18.3 Å². The predicted octanol–water partition coefficient (Wildman–Crippen LogP) is 3.19. The predicted molar refractivity (Wildman–Crippen MR) is 99.1 cm³/mol. The van der Waals surface area contributed by atoms with Crippen LogP contribution in [0.25, 0.3) is 11.0 Å². The summed E-state index contributed by atoms with van der Waals surface area (Å²) in [7, 11) is -3.84. The van der Waals surface area contributed by atoms with E-state index in [1.807, 2.05) is 0 Å². The Balaban J connectivity index is 2.03. The maximum atomic E-state index is 12.7. The van der Waals surface area contributed by atoms with Crippen molar-refractivity contribution in [3.05, 3.63) is 52.8 Å². The first-order valence-corrected chi connectivity index (χ1v) is 9.52. The number of halogens is 1. The number of aryl methyl sites for hydroxylation is 1. The highest BCUT2D eigenvalue weighted by Gasteiger charge is 2.19. The van der Waals surface area contributed by atoms with E-state index in [9.17, 15) is 13.2 Å². The number of carboxylic acid groups (broad SMARTS) is 1. The van der Waals surface area contributed by atoms with Crippen LogP contribution >= 0.6 is 11.6 Å². The molecule has 0 aliphatic carbocycles. The summed E-state index contributed by atoms with van der Waals surface area (Å²) in [6.07, 6.45) is 0. The second kappa shape index (κ2) is 6.62. The third-order valence-corrected chi connectivity index (χ3v) is 5.93. The van der Waals surface area contributed by atoms with Crippen molar-refractivity contribution in [2.45, 2.75) is 25.3 Å².